The molecule has 40 heavy (non-hydrogen) atoms. The number of nitrogens with one attached hydrogen (secondary N) is 2. The van der Waals surface area contributed by atoms with E-state index in [9.17, 15) is 29.3 Å². The van der Waals surface area contributed by atoms with Crippen molar-refractivity contribution in [1.82, 2.24) is 5.32 Å². The fourth-order valence-corrected chi connectivity index (χ4v) is 5.03. The van der Waals surface area contributed by atoms with Crippen LogP contribution in [0, 0.1) is 34.9 Å². The van der Waals surface area contributed by atoms with Gasteiger partial charge in [-0.05, 0) is 68.9 Å². The summed E-state index contributed by atoms with van der Waals surface area (Å²) < 4.78 is 18.5. The molecule has 0 aromatic heterocycles. The van der Waals surface area contributed by atoms with E-state index in [1.807, 2.05) is 0 Å². The predicted molar refractivity (Wildman–Crippen MR) is 148 cm³/mol. The molecule has 1 aliphatic carbocycles. The zero-order valence-electron chi connectivity index (χ0n) is 22.9. The van der Waals surface area contributed by atoms with Gasteiger partial charge in [-0.2, -0.15) is 0 Å². The van der Waals surface area contributed by atoms with E-state index in [0.29, 0.717) is 51.5 Å². The van der Waals surface area contributed by atoms with Crippen LogP contribution in [0.2, 0.25) is 0 Å². The van der Waals surface area contributed by atoms with Gasteiger partial charge in [0.05, 0.1) is 17.8 Å². The molecule has 6 atom stereocenters. The highest BCUT2D eigenvalue weighted by Crippen LogP contribution is 2.39. The maximum absolute atomic E-state index is 13.7. The van der Waals surface area contributed by atoms with Crippen LogP contribution in [0.25, 0.3) is 0 Å². The van der Waals surface area contributed by atoms with Gasteiger partial charge in [0.2, 0.25) is 0 Å². The fourth-order valence-electron chi connectivity index (χ4n) is 5.03. The van der Waals surface area contributed by atoms with Crippen molar-refractivity contribution in [2.24, 2.45) is 23.3 Å². The minimum atomic E-state index is -0.963. The summed E-state index contributed by atoms with van der Waals surface area (Å²) in [6.07, 6.45) is 3.37. The monoisotopic (exact) mass is 562 g/mol. The normalized spacial score (nSPS) is 21.6. The molecule has 9 N–H and O–H groups in total. The first kappa shape index (κ1) is 33.2. The summed E-state index contributed by atoms with van der Waals surface area (Å²) in [4.78, 5) is 23.9. The summed E-state index contributed by atoms with van der Waals surface area (Å²) in [5, 5.41) is 40.8. The minimum Gasteiger partial charge on any atom is -0.393 e. The predicted octanol–water partition coefficient (Wildman–Crippen LogP) is 1.68. The van der Waals surface area contributed by atoms with Crippen molar-refractivity contribution in [3.63, 3.8) is 0 Å². The average Bonchev–Trinajstić information content (AvgIpc) is 3.17. The molecule has 0 heterocycles. The Morgan fingerprint density at radius 3 is 2.45 bits per heavy atom. The van der Waals surface area contributed by atoms with E-state index >= 15 is 0 Å². The highest BCUT2D eigenvalue weighted by molar-refractivity contribution is 5.88. The molecule has 1 aliphatic rings. The number of esters is 2. The van der Waals surface area contributed by atoms with E-state index in [2.05, 4.69) is 17.2 Å². The third-order valence-corrected chi connectivity index (χ3v) is 7.24. The van der Waals surface area contributed by atoms with Crippen LogP contribution in [0.15, 0.2) is 24.3 Å². The molecule has 0 spiro atoms. The van der Waals surface area contributed by atoms with Crippen LogP contribution in [0.4, 0.5) is 4.39 Å². The van der Waals surface area contributed by atoms with Crippen LogP contribution in [-0.4, -0.2) is 64.1 Å². The van der Waals surface area contributed by atoms with E-state index < -0.39 is 42.1 Å². The Morgan fingerprint density at radius 2 is 1.75 bits per heavy atom. The van der Waals surface area contributed by atoms with E-state index in [0.717, 1.165) is 19.3 Å². The van der Waals surface area contributed by atoms with E-state index in [4.69, 9.17) is 21.6 Å². The smallest absolute Gasteiger partial charge is 0.330 e. The van der Waals surface area contributed by atoms with Crippen LogP contribution in [-0.2, 0) is 14.3 Å². The SMILES string of the molecule is N=C(N)NCCCC(N)C(=O)OC(=O)CCCCCC[C@@H]1[C@@H](CCC(O)C#Cc2ccccc2F)[C@H](O)C[C@@H]1O. The summed E-state index contributed by atoms with van der Waals surface area (Å²) in [7, 11) is 0. The number of carbonyl (C=O) groups excluding carboxylic acids is 2. The van der Waals surface area contributed by atoms with E-state index in [1.54, 1.807) is 18.2 Å². The zero-order chi connectivity index (χ0) is 29.5. The number of guanidine groups is 1. The summed E-state index contributed by atoms with van der Waals surface area (Å²) in [5.41, 5.74) is 11.1. The molecule has 1 aromatic carbocycles. The molecule has 222 valence electrons. The first-order valence-electron chi connectivity index (χ1n) is 14.0. The van der Waals surface area contributed by atoms with Crippen LogP contribution in [0.5, 0.6) is 0 Å². The van der Waals surface area contributed by atoms with Gasteiger partial charge in [0.15, 0.2) is 5.96 Å². The number of carbonyl (C=O) groups is 2. The van der Waals surface area contributed by atoms with E-state index in [1.165, 1.54) is 6.07 Å². The minimum absolute atomic E-state index is 0.101. The Balaban J connectivity index is 1.64. The van der Waals surface area contributed by atoms with Crippen LogP contribution in [0.3, 0.4) is 0 Å². The van der Waals surface area contributed by atoms with Gasteiger partial charge in [-0.3, -0.25) is 10.2 Å². The highest BCUT2D eigenvalue weighted by Gasteiger charge is 2.40. The van der Waals surface area contributed by atoms with Gasteiger partial charge in [-0.25, -0.2) is 9.18 Å². The number of aliphatic hydroxyl groups excluding tert-OH is 3. The molecule has 2 rings (SSSR count). The molecule has 0 radical (unpaired) electrons. The summed E-state index contributed by atoms with van der Waals surface area (Å²) >= 11 is 0. The fraction of sp³-hybridized carbons (Fsp3) is 0.621. The number of nitrogens with two attached hydrogens (primary N) is 2. The Kier molecular flexibility index (Phi) is 14.6. The molecular weight excluding hydrogens is 519 g/mol. The van der Waals surface area contributed by atoms with Crippen LogP contribution >= 0.6 is 0 Å². The number of rotatable bonds is 15. The lowest BCUT2D eigenvalue weighted by atomic mass is 9.85. The van der Waals surface area contributed by atoms with Gasteiger partial charge < -0.3 is 36.8 Å². The Morgan fingerprint density at radius 1 is 1.07 bits per heavy atom. The van der Waals surface area contributed by atoms with Crippen LogP contribution in [0.1, 0.15) is 76.2 Å². The number of halogens is 1. The third-order valence-electron chi connectivity index (χ3n) is 7.24. The Bertz CT molecular complexity index is 1030. The molecule has 1 aromatic rings. The average molecular weight is 563 g/mol. The molecular formula is C29H43FN4O6. The van der Waals surface area contributed by atoms with Crippen molar-refractivity contribution in [2.45, 2.75) is 95.0 Å². The van der Waals surface area contributed by atoms with Crippen molar-refractivity contribution in [1.29, 1.82) is 5.41 Å². The van der Waals surface area contributed by atoms with Crippen molar-refractivity contribution in [3.05, 3.63) is 35.6 Å². The van der Waals surface area contributed by atoms with Crippen molar-refractivity contribution in [3.8, 4) is 11.8 Å². The molecule has 0 aliphatic heterocycles. The Hall–Kier alpha value is -3.04. The molecule has 0 amide bonds. The second-order valence-electron chi connectivity index (χ2n) is 10.4. The first-order chi connectivity index (χ1) is 19.1. The topological polar surface area (TPSA) is 192 Å². The molecule has 1 fully saturated rings. The largest absolute Gasteiger partial charge is 0.393 e. The Labute approximate surface area is 235 Å². The molecule has 10 nitrogen and oxygen atoms in total. The highest BCUT2D eigenvalue weighted by atomic mass is 19.1. The number of ether oxygens (including phenoxy) is 1. The number of hydrogen-bond donors (Lipinski definition) is 7. The lowest BCUT2D eigenvalue weighted by Crippen LogP contribution is -2.36. The zero-order valence-corrected chi connectivity index (χ0v) is 22.9. The lowest BCUT2D eigenvalue weighted by Gasteiger charge is -2.24. The molecule has 1 saturated carbocycles. The standard InChI is InChI=1S/C29H43FN4O6/c30-23-10-6-5-8-19(23)13-14-20(35)15-16-22-21(25(36)18-26(22)37)9-3-1-2-4-12-27(38)40-28(39)24(31)11-7-17-34-29(32)33/h5-6,8,10,20-22,24-26,35-37H,1-4,7,9,11-12,15-18,31H2,(H4,32,33,34)/t20?,21-,22-,24?,25+,26-/m1/s1. The summed E-state index contributed by atoms with van der Waals surface area (Å²) in [6.45, 7) is 0.398. The van der Waals surface area contributed by atoms with Gasteiger partial charge in [-0.1, -0.05) is 43.2 Å². The maximum Gasteiger partial charge on any atom is 0.330 e. The number of unbranched alkanes of at least 4 members (excludes halogenated alkanes) is 3. The van der Waals surface area contributed by atoms with E-state index in [-0.39, 0.29) is 29.8 Å². The number of hydrogen-bond acceptors (Lipinski definition) is 8. The molecule has 2 unspecified atom stereocenters. The van der Waals surface area contributed by atoms with Gasteiger partial charge in [0.1, 0.15) is 18.0 Å². The number of aliphatic hydroxyl groups is 3. The quantitative estimate of drug-likeness (QED) is 0.0416. The van der Waals surface area contributed by atoms with Crippen molar-refractivity contribution < 1.29 is 34.0 Å². The number of benzene rings is 1. The lowest BCUT2D eigenvalue weighted by molar-refractivity contribution is -0.160. The van der Waals surface area contributed by atoms with Gasteiger partial charge in [0.25, 0.3) is 0 Å². The molecule has 11 heteroatoms. The van der Waals surface area contributed by atoms with Gasteiger partial charge >= 0.3 is 11.9 Å². The first-order valence-corrected chi connectivity index (χ1v) is 14.0. The van der Waals surface area contributed by atoms with Crippen LogP contribution < -0.4 is 16.8 Å². The maximum atomic E-state index is 13.7. The molecule has 0 saturated heterocycles. The molecule has 0 bridgehead atoms. The van der Waals surface area contributed by atoms with Gasteiger partial charge in [0, 0.05) is 13.0 Å². The van der Waals surface area contributed by atoms with Crippen molar-refractivity contribution >= 4 is 17.9 Å². The summed E-state index contributed by atoms with van der Waals surface area (Å²) in [6, 6.07) is 5.17. The third kappa shape index (κ3) is 12.0. The van der Waals surface area contributed by atoms with Crippen molar-refractivity contribution in [2.75, 3.05) is 6.54 Å². The van der Waals surface area contributed by atoms with Gasteiger partial charge in [-0.15, -0.1) is 0 Å². The summed E-state index contributed by atoms with van der Waals surface area (Å²) in [5.74, 6) is 3.05. The second-order valence-corrected chi connectivity index (χ2v) is 10.4. The second kappa shape index (κ2) is 17.6.